The zero-order chi connectivity index (χ0) is 25.7. The van der Waals surface area contributed by atoms with E-state index < -0.39 is 0 Å². The molecule has 5 N–H and O–H groups in total. The number of rotatable bonds is 15. The van der Waals surface area contributed by atoms with Crippen molar-refractivity contribution < 1.29 is 14.2 Å². The first kappa shape index (κ1) is 26.1. The van der Waals surface area contributed by atoms with Crippen LogP contribution in [0.15, 0.2) is 66.7 Å². The van der Waals surface area contributed by atoms with Crippen LogP contribution in [0.3, 0.4) is 0 Å². The van der Waals surface area contributed by atoms with Crippen LogP contribution in [0.25, 0.3) is 10.8 Å². The maximum absolute atomic E-state index is 5.58. The Kier molecular flexibility index (Phi) is 9.82. The highest BCUT2D eigenvalue weighted by atomic mass is 16.5. The first-order chi connectivity index (χ1) is 18.2. The fraction of sp³-hybridized carbons (Fsp3) is 0.296. The summed E-state index contributed by atoms with van der Waals surface area (Å²) in [5.41, 5.74) is 7.34. The standard InChI is InChI=1S/C27H33N7O3/c1-35-24-8-4-5-20(17-24)19-30-26-32-25(29-12-14-37-16-15-36-13-11-28)33-27(34-26)31-23-10-9-21-6-2-3-7-22(21)18-23/h2-10,17-18H,11-16,19,28H2,1H3,(H3,29,30,31,32,33,34). The smallest absolute Gasteiger partial charge is 0.233 e. The monoisotopic (exact) mass is 503 g/mol. The van der Waals surface area contributed by atoms with Gasteiger partial charge in [0.05, 0.1) is 33.5 Å². The molecule has 1 heterocycles. The van der Waals surface area contributed by atoms with Crippen LogP contribution in [0.5, 0.6) is 5.75 Å². The van der Waals surface area contributed by atoms with E-state index in [9.17, 15) is 0 Å². The molecule has 0 bridgehead atoms. The maximum Gasteiger partial charge on any atom is 0.233 e. The molecule has 0 saturated heterocycles. The first-order valence-corrected chi connectivity index (χ1v) is 12.2. The summed E-state index contributed by atoms with van der Waals surface area (Å²) in [5, 5.41) is 12.1. The molecule has 4 aromatic rings. The lowest BCUT2D eigenvalue weighted by Gasteiger charge is -2.12. The molecule has 0 aliphatic carbocycles. The molecule has 0 fully saturated rings. The molecule has 37 heavy (non-hydrogen) atoms. The Hall–Kier alpha value is -3.99. The molecule has 0 spiro atoms. The van der Waals surface area contributed by atoms with Crippen molar-refractivity contribution in [2.75, 3.05) is 62.6 Å². The molecule has 0 aliphatic heterocycles. The zero-order valence-electron chi connectivity index (χ0n) is 20.9. The molecule has 10 nitrogen and oxygen atoms in total. The third-order valence-corrected chi connectivity index (χ3v) is 5.39. The van der Waals surface area contributed by atoms with Gasteiger partial charge in [-0.25, -0.2) is 0 Å². The van der Waals surface area contributed by atoms with Crippen molar-refractivity contribution >= 4 is 34.3 Å². The Bertz CT molecular complexity index is 1270. The highest BCUT2D eigenvalue weighted by Crippen LogP contribution is 2.22. The highest BCUT2D eigenvalue weighted by Gasteiger charge is 2.08. The van der Waals surface area contributed by atoms with Gasteiger partial charge >= 0.3 is 0 Å². The van der Waals surface area contributed by atoms with Crippen LogP contribution in [0.2, 0.25) is 0 Å². The van der Waals surface area contributed by atoms with Crippen molar-refractivity contribution in [1.29, 1.82) is 0 Å². The highest BCUT2D eigenvalue weighted by molar-refractivity contribution is 5.86. The molecule has 0 unspecified atom stereocenters. The maximum atomic E-state index is 5.58. The molecule has 0 atom stereocenters. The molecule has 0 aliphatic rings. The van der Waals surface area contributed by atoms with E-state index >= 15 is 0 Å². The summed E-state index contributed by atoms with van der Waals surface area (Å²) in [4.78, 5) is 13.7. The van der Waals surface area contributed by atoms with Gasteiger partial charge in [0.2, 0.25) is 17.8 Å². The number of ether oxygens (including phenoxy) is 3. The average molecular weight is 504 g/mol. The number of anilines is 4. The first-order valence-electron chi connectivity index (χ1n) is 12.2. The average Bonchev–Trinajstić information content (AvgIpc) is 2.93. The van der Waals surface area contributed by atoms with Crippen LogP contribution in [-0.4, -0.2) is 61.6 Å². The van der Waals surface area contributed by atoms with Gasteiger partial charge in [-0.15, -0.1) is 0 Å². The van der Waals surface area contributed by atoms with Gasteiger partial charge in [0.15, 0.2) is 0 Å². The Labute approximate surface area is 216 Å². The molecule has 0 amide bonds. The van der Waals surface area contributed by atoms with E-state index in [0.717, 1.165) is 22.4 Å². The van der Waals surface area contributed by atoms with E-state index in [-0.39, 0.29) is 0 Å². The van der Waals surface area contributed by atoms with Crippen molar-refractivity contribution in [3.63, 3.8) is 0 Å². The number of nitrogens with zero attached hydrogens (tertiary/aromatic N) is 3. The summed E-state index contributed by atoms with van der Waals surface area (Å²) < 4.78 is 16.2. The number of nitrogens with two attached hydrogens (primary N) is 1. The number of aromatic nitrogens is 3. The van der Waals surface area contributed by atoms with Gasteiger partial charge < -0.3 is 35.9 Å². The van der Waals surface area contributed by atoms with Crippen molar-refractivity contribution in [1.82, 2.24) is 15.0 Å². The summed E-state index contributed by atoms with van der Waals surface area (Å²) in [6.45, 7) is 3.60. The second kappa shape index (κ2) is 13.9. The number of hydrogen-bond donors (Lipinski definition) is 4. The number of benzene rings is 3. The number of hydrogen-bond acceptors (Lipinski definition) is 10. The Morgan fingerprint density at radius 2 is 1.49 bits per heavy atom. The second-order valence-electron chi connectivity index (χ2n) is 8.14. The zero-order valence-corrected chi connectivity index (χ0v) is 20.9. The molecular formula is C27H33N7O3. The van der Waals surface area contributed by atoms with Gasteiger partial charge in [0.25, 0.3) is 0 Å². The predicted octanol–water partition coefficient (Wildman–Crippen LogP) is 3.79. The van der Waals surface area contributed by atoms with Crippen LogP contribution < -0.4 is 26.4 Å². The second-order valence-corrected chi connectivity index (χ2v) is 8.14. The molecule has 194 valence electrons. The Morgan fingerprint density at radius 3 is 2.30 bits per heavy atom. The molecule has 10 heteroatoms. The molecule has 4 rings (SSSR count). The van der Waals surface area contributed by atoms with Crippen LogP contribution >= 0.6 is 0 Å². The summed E-state index contributed by atoms with van der Waals surface area (Å²) in [6, 6.07) is 22.2. The van der Waals surface area contributed by atoms with Crippen LogP contribution in [0.1, 0.15) is 5.56 Å². The lowest BCUT2D eigenvalue weighted by molar-refractivity contribution is 0.0547. The number of nitrogens with one attached hydrogen (secondary N) is 3. The van der Waals surface area contributed by atoms with Crippen molar-refractivity contribution in [2.24, 2.45) is 5.73 Å². The van der Waals surface area contributed by atoms with Crippen LogP contribution in [0, 0.1) is 0 Å². The molecule has 3 aromatic carbocycles. The van der Waals surface area contributed by atoms with Gasteiger partial charge in [0, 0.05) is 25.3 Å². The van der Waals surface area contributed by atoms with E-state index in [2.05, 4.69) is 55.2 Å². The Balaban J connectivity index is 1.43. The number of fused-ring (bicyclic) bond motifs is 1. The van der Waals surface area contributed by atoms with Gasteiger partial charge in [-0.3, -0.25) is 0 Å². The molecule has 0 radical (unpaired) electrons. The summed E-state index contributed by atoms with van der Waals surface area (Å²) in [6.07, 6.45) is 0. The molecule has 0 saturated carbocycles. The minimum atomic E-state index is 0.428. The third kappa shape index (κ3) is 8.28. The fourth-order valence-corrected chi connectivity index (χ4v) is 3.59. The van der Waals surface area contributed by atoms with Gasteiger partial charge in [-0.1, -0.05) is 42.5 Å². The van der Waals surface area contributed by atoms with E-state index in [1.165, 1.54) is 5.39 Å². The topological polar surface area (TPSA) is 128 Å². The van der Waals surface area contributed by atoms with E-state index in [4.69, 9.17) is 19.9 Å². The van der Waals surface area contributed by atoms with Gasteiger partial charge in [-0.05, 0) is 40.6 Å². The summed E-state index contributed by atoms with van der Waals surface area (Å²) in [7, 11) is 1.65. The summed E-state index contributed by atoms with van der Waals surface area (Å²) in [5.74, 6) is 2.11. The van der Waals surface area contributed by atoms with Crippen LogP contribution in [0.4, 0.5) is 23.5 Å². The van der Waals surface area contributed by atoms with Crippen LogP contribution in [-0.2, 0) is 16.0 Å². The van der Waals surface area contributed by atoms with E-state index in [1.54, 1.807) is 7.11 Å². The lowest BCUT2D eigenvalue weighted by atomic mass is 10.1. The normalized spacial score (nSPS) is 10.9. The minimum Gasteiger partial charge on any atom is -0.497 e. The SMILES string of the molecule is COc1cccc(CNc2nc(NCCOCCOCCN)nc(Nc3ccc4ccccc4c3)n2)c1. The van der Waals surface area contributed by atoms with Gasteiger partial charge in [-0.2, -0.15) is 15.0 Å². The van der Waals surface area contributed by atoms with Crippen molar-refractivity contribution in [3.8, 4) is 5.75 Å². The molecule has 1 aromatic heterocycles. The predicted molar refractivity (Wildman–Crippen MR) is 147 cm³/mol. The fourth-order valence-electron chi connectivity index (χ4n) is 3.59. The minimum absolute atomic E-state index is 0.428. The molecular weight excluding hydrogens is 470 g/mol. The van der Waals surface area contributed by atoms with E-state index in [1.807, 2.05) is 42.5 Å². The number of methoxy groups -OCH3 is 1. The quantitative estimate of drug-likeness (QED) is 0.178. The van der Waals surface area contributed by atoms with Crippen molar-refractivity contribution in [3.05, 3.63) is 72.3 Å². The van der Waals surface area contributed by atoms with Crippen molar-refractivity contribution in [2.45, 2.75) is 6.54 Å². The van der Waals surface area contributed by atoms with E-state index in [0.29, 0.717) is 63.9 Å². The third-order valence-electron chi connectivity index (χ3n) is 5.39. The Morgan fingerprint density at radius 1 is 0.730 bits per heavy atom. The largest absolute Gasteiger partial charge is 0.497 e. The summed E-state index contributed by atoms with van der Waals surface area (Å²) >= 11 is 0. The van der Waals surface area contributed by atoms with Gasteiger partial charge in [0.1, 0.15) is 5.75 Å². The lowest BCUT2D eigenvalue weighted by Crippen LogP contribution is -2.17.